The van der Waals surface area contributed by atoms with Gasteiger partial charge in [0, 0.05) is 12.1 Å². The zero-order chi connectivity index (χ0) is 15.7. The first kappa shape index (κ1) is 16.5. The predicted octanol–water partition coefficient (Wildman–Crippen LogP) is 2.30. The molecule has 1 fully saturated rings. The fraction of sp³-hybridized carbons (Fsp3) is 0.625. The normalized spacial score (nSPS) is 20.7. The number of hydrogen-bond donors (Lipinski definition) is 2. The maximum Gasteiger partial charge on any atom is 0.240 e. The molecule has 1 aliphatic rings. The van der Waals surface area contributed by atoms with Crippen LogP contribution in [0.2, 0.25) is 0 Å². The molecule has 1 unspecified atom stereocenters. The highest BCUT2D eigenvalue weighted by Gasteiger charge is 2.47. The highest BCUT2D eigenvalue weighted by atomic mass is 32.2. The van der Waals surface area contributed by atoms with Crippen LogP contribution in [0.4, 0.5) is 0 Å². The van der Waals surface area contributed by atoms with Crippen LogP contribution < -0.4 is 10.0 Å². The molecule has 4 nitrogen and oxygen atoms in total. The fourth-order valence-electron chi connectivity index (χ4n) is 2.26. The molecule has 0 spiro atoms. The summed E-state index contributed by atoms with van der Waals surface area (Å²) in [6.07, 6.45) is 1.81. The summed E-state index contributed by atoms with van der Waals surface area (Å²) < 4.78 is 27.3. The van der Waals surface area contributed by atoms with Gasteiger partial charge in [0.25, 0.3) is 0 Å². The third kappa shape index (κ3) is 4.53. The summed E-state index contributed by atoms with van der Waals surface area (Å²) in [5, 5.41) is 3.35. The van der Waals surface area contributed by atoms with Crippen molar-refractivity contribution in [2.45, 2.75) is 57.5 Å². The van der Waals surface area contributed by atoms with E-state index >= 15 is 0 Å². The Balaban J connectivity index is 1.95. The van der Waals surface area contributed by atoms with Crippen molar-refractivity contribution in [2.24, 2.45) is 5.41 Å². The van der Waals surface area contributed by atoms with Gasteiger partial charge in [-0.2, -0.15) is 0 Å². The molecular formula is C16H26N2O2S. The summed E-state index contributed by atoms with van der Waals surface area (Å²) in [5.41, 5.74) is 1.24. The summed E-state index contributed by atoms with van der Waals surface area (Å²) in [5.74, 6) is 0. The smallest absolute Gasteiger partial charge is 0.240 e. The maximum absolute atomic E-state index is 12.3. The monoisotopic (exact) mass is 310 g/mol. The van der Waals surface area contributed by atoms with Crippen molar-refractivity contribution in [1.29, 1.82) is 0 Å². The third-order valence-corrected chi connectivity index (χ3v) is 5.50. The van der Waals surface area contributed by atoms with Crippen LogP contribution in [-0.4, -0.2) is 27.0 Å². The van der Waals surface area contributed by atoms with Gasteiger partial charge in [0.05, 0.1) is 4.90 Å². The topological polar surface area (TPSA) is 58.2 Å². The number of rotatable bonds is 7. The summed E-state index contributed by atoms with van der Waals surface area (Å²) in [6, 6.07) is 7.72. The highest BCUT2D eigenvalue weighted by molar-refractivity contribution is 7.89. The molecule has 2 rings (SSSR count). The zero-order valence-corrected chi connectivity index (χ0v) is 14.1. The number of hydrogen-bond acceptors (Lipinski definition) is 3. The minimum absolute atomic E-state index is 0.0671. The molecule has 1 saturated carbocycles. The van der Waals surface area contributed by atoms with Gasteiger partial charge < -0.3 is 5.32 Å². The van der Waals surface area contributed by atoms with E-state index in [2.05, 4.69) is 37.7 Å². The third-order valence-electron chi connectivity index (χ3n) is 4.01. The van der Waals surface area contributed by atoms with Crippen LogP contribution in [0.25, 0.3) is 0 Å². The Morgan fingerprint density at radius 3 is 2.29 bits per heavy atom. The van der Waals surface area contributed by atoms with Gasteiger partial charge in [-0.1, -0.05) is 39.8 Å². The van der Waals surface area contributed by atoms with E-state index < -0.39 is 10.0 Å². The molecule has 0 aromatic heterocycles. The number of sulfonamides is 1. The Morgan fingerprint density at radius 1 is 1.24 bits per heavy atom. The van der Waals surface area contributed by atoms with E-state index in [0.29, 0.717) is 10.9 Å². The van der Waals surface area contributed by atoms with Gasteiger partial charge in [-0.15, -0.1) is 0 Å². The first-order valence-corrected chi connectivity index (χ1v) is 9.04. The van der Waals surface area contributed by atoms with Crippen LogP contribution in [0.15, 0.2) is 29.2 Å². The van der Waals surface area contributed by atoms with Gasteiger partial charge in [0.15, 0.2) is 0 Å². The molecule has 0 amide bonds. The number of benzene rings is 1. The van der Waals surface area contributed by atoms with Crippen LogP contribution >= 0.6 is 0 Å². The predicted molar refractivity (Wildman–Crippen MR) is 85.8 cm³/mol. The quantitative estimate of drug-likeness (QED) is 0.812. The van der Waals surface area contributed by atoms with E-state index in [9.17, 15) is 8.42 Å². The van der Waals surface area contributed by atoms with Crippen LogP contribution in [0.5, 0.6) is 0 Å². The van der Waals surface area contributed by atoms with Gasteiger partial charge in [0.1, 0.15) is 0 Å². The first-order valence-electron chi connectivity index (χ1n) is 7.55. The molecule has 0 saturated heterocycles. The van der Waals surface area contributed by atoms with Gasteiger partial charge in [-0.3, -0.25) is 0 Å². The first-order chi connectivity index (χ1) is 9.71. The van der Waals surface area contributed by atoms with Gasteiger partial charge in [0.2, 0.25) is 10.0 Å². The van der Waals surface area contributed by atoms with Crippen molar-refractivity contribution in [3.05, 3.63) is 29.8 Å². The van der Waals surface area contributed by atoms with E-state index in [1.54, 1.807) is 12.1 Å². The van der Waals surface area contributed by atoms with Crippen molar-refractivity contribution < 1.29 is 8.42 Å². The van der Waals surface area contributed by atoms with E-state index in [1.807, 2.05) is 12.1 Å². The molecule has 2 N–H and O–H groups in total. The van der Waals surface area contributed by atoms with Crippen molar-refractivity contribution in [3.8, 4) is 0 Å². The average molecular weight is 310 g/mol. The van der Waals surface area contributed by atoms with Gasteiger partial charge in [-0.05, 0) is 42.5 Å². The Bertz CT molecular complexity index is 577. The minimum atomic E-state index is -3.38. The van der Waals surface area contributed by atoms with E-state index in [-0.39, 0.29) is 11.5 Å². The Hall–Kier alpha value is -0.910. The largest absolute Gasteiger partial charge is 0.314 e. The van der Waals surface area contributed by atoms with Crippen molar-refractivity contribution in [1.82, 2.24) is 10.0 Å². The molecule has 0 radical (unpaired) electrons. The summed E-state index contributed by atoms with van der Waals surface area (Å²) in [6.45, 7) is 9.27. The molecule has 1 aliphatic carbocycles. The second-order valence-corrected chi connectivity index (χ2v) is 8.58. The Kier molecular flexibility index (Phi) is 4.76. The lowest BCUT2D eigenvalue weighted by molar-refractivity contribution is 0.555. The lowest BCUT2D eigenvalue weighted by Crippen LogP contribution is -2.28. The van der Waals surface area contributed by atoms with Crippen molar-refractivity contribution in [2.75, 3.05) is 6.54 Å². The molecule has 1 aromatic rings. The second kappa shape index (κ2) is 6.07. The highest BCUT2D eigenvalue weighted by Crippen LogP contribution is 2.45. The van der Waals surface area contributed by atoms with E-state index in [4.69, 9.17) is 0 Å². The van der Waals surface area contributed by atoms with Crippen LogP contribution in [0.3, 0.4) is 0 Å². The summed E-state index contributed by atoms with van der Waals surface area (Å²) in [4.78, 5) is 0.353. The molecule has 0 aliphatic heterocycles. The van der Waals surface area contributed by atoms with E-state index in [0.717, 1.165) is 24.9 Å². The lowest BCUT2D eigenvalue weighted by Gasteiger charge is -2.10. The van der Waals surface area contributed by atoms with Gasteiger partial charge in [-0.25, -0.2) is 13.1 Å². The van der Waals surface area contributed by atoms with Crippen molar-refractivity contribution >= 4 is 10.0 Å². The van der Waals surface area contributed by atoms with Crippen LogP contribution in [0.1, 0.15) is 39.7 Å². The van der Waals surface area contributed by atoms with Crippen LogP contribution in [-0.2, 0) is 16.4 Å². The molecule has 1 atom stereocenters. The summed E-state index contributed by atoms with van der Waals surface area (Å²) in [7, 11) is -3.38. The van der Waals surface area contributed by atoms with E-state index in [1.165, 1.54) is 0 Å². The molecule has 0 heterocycles. The minimum Gasteiger partial charge on any atom is -0.314 e. The Morgan fingerprint density at radius 2 is 1.81 bits per heavy atom. The Labute approximate surface area is 128 Å². The summed E-state index contributed by atoms with van der Waals surface area (Å²) >= 11 is 0. The fourth-order valence-corrected chi connectivity index (χ4v) is 3.67. The molecular weight excluding hydrogens is 284 g/mol. The maximum atomic E-state index is 12.3. The van der Waals surface area contributed by atoms with Gasteiger partial charge >= 0.3 is 0 Å². The molecule has 5 heteroatoms. The average Bonchev–Trinajstić information content (AvgIpc) is 2.95. The zero-order valence-electron chi connectivity index (χ0n) is 13.3. The molecule has 21 heavy (non-hydrogen) atoms. The van der Waals surface area contributed by atoms with Crippen LogP contribution in [0, 0.1) is 5.41 Å². The lowest BCUT2D eigenvalue weighted by atomic mass is 10.1. The number of nitrogens with one attached hydrogen (secondary N) is 2. The molecule has 1 aromatic carbocycles. The molecule has 118 valence electrons. The standard InChI is InChI=1S/C16H26N2O2S/c1-12(2)17-10-9-13-5-7-14(8-6-13)21(19,20)18-15-11-16(15,3)4/h5-8,12,15,17-18H,9-11H2,1-4H3. The SMILES string of the molecule is CC(C)NCCc1ccc(S(=O)(=O)NC2CC2(C)C)cc1. The molecule has 0 bridgehead atoms. The second-order valence-electron chi connectivity index (χ2n) is 6.87. The van der Waals surface area contributed by atoms with Crippen molar-refractivity contribution in [3.63, 3.8) is 0 Å².